The third-order valence-corrected chi connectivity index (χ3v) is 4.54. The molecule has 1 saturated heterocycles. The quantitative estimate of drug-likeness (QED) is 0.898. The second-order valence-corrected chi connectivity index (χ2v) is 6.31. The van der Waals surface area contributed by atoms with E-state index in [0.29, 0.717) is 6.54 Å². The van der Waals surface area contributed by atoms with E-state index in [-0.39, 0.29) is 5.56 Å². The molecule has 0 aliphatic carbocycles. The van der Waals surface area contributed by atoms with Gasteiger partial charge in [0.2, 0.25) is 0 Å². The summed E-state index contributed by atoms with van der Waals surface area (Å²) in [7, 11) is 0. The minimum Gasteiger partial charge on any atom is -0.478 e. The number of alkyl halides is 3. The van der Waals surface area contributed by atoms with E-state index in [2.05, 4.69) is 9.80 Å². The van der Waals surface area contributed by atoms with Gasteiger partial charge in [0.05, 0.1) is 11.1 Å². The Kier molecular flexibility index (Phi) is 5.18. The van der Waals surface area contributed by atoms with Crippen molar-refractivity contribution >= 4 is 11.7 Å². The summed E-state index contributed by atoms with van der Waals surface area (Å²) in [6.45, 7) is 3.77. The summed E-state index contributed by atoms with van der Waals surface area (Å²) in [5, 5.41) is 8.94. The van der Waals surface area contributed by atoms with Crippen LogP contribution in [-0.4, -0.2) is 42.2 Å². The molecule has 0 aromatic heterocycles. The first-order valence-electron chi connectivity index (χ1n) is 8.30. The zero-order valence-corrected chi connectivity index (χ0v) is 14.0. The molecular weight excluding hydrogens is 345 g/mol. The van der Waals surface area contributed by atoms with E-state index in [1.807, 2.05) is 0 Å². The molecular formula is C19H19F3N2O2. The van der Waals surface area contributed by atoms with Gasteiger partial charge < -0.3 is 10.0 Å². The number of halogens is 3. The van der Waals surface area contributed by atoms with Crippen molar-refractivity contribution in [3.63, 3.8) is 0 Å². The van der Waals surface area contributed by atoms with Crippen molar-refractivity contribution in [1.29, 1.82) is 0 Å². The van der Waals surface area contributed by atoms with Crippen LogP contribution < -0.4 is 4.90 Å². The van der Waals surface area contributed by atoms with Gasteiger partial charge in [-0.3, -0.25) is 4.90 Å². The summed E-state index contributed by atoms with van der Waals surface area (Å²) in [5.74, 6) is -0.946. The highest BCUT2D eigenvalue weighted by molar-refractivity contribution is 5.88. The summed E-state index contributed by atoms with van der Waals surface area (Å²) < 4.78 is 37.8. The van der Waals surface area contributed by atoms with Crippen molar-refractivity contribution in [1.82, 2.24) is 4.90 Å². The highest BCUT2D eigenvalue weighted by Crippen LogP contribution is 2.29. The van der Waals surface area contributed by atoms with Crippen LogP contribution in [0.4, 0.5) is 18.9 Å². The Bertz CT molecular complexity index is 750. The van der Waals surface area contributed by atoms with Crippen molar-refractivity contribution in [2.75, 3.05) is 31.1 Å². The van der Waals surface area contributed by atoms with Crippen LogP contribution in [0.25, 0.3) is 0 Å². The summed E-state index contributed by atoms with van der Waals surface area (Å²) in [4.78, 5) is 15.3. The second kappa shape index (κ2) is 7.37. The number of carbonyl (C=O) groups is 1. The molecule has 0 saturated carbocycles. The molecule has 26 heavy (non-hydrogen) atoms. The van der Waals surface area contributed by atoms with Gasteiger partial charge in [0.1, 0.15) is 0 Å². The lowest BCUT2D eigenvalue weighted by atomic mass is 10.1. The van der Waals surface area contributed by atoms with Crippen molar-refractivity contribution in [3.05, 3.63) is 65.2 Å². The zero-order valence-electron chi connectivity index (χ0n) is 14.0. The number of carboxylic acid groups (broad SMARTS) is 1. The number of hydrogen-bond acceptors (Lipinski definition) is 3. The smallest absolute Gasteiger partial charge is 0.416 e. The fourth-order valence-corrected chi connectivity index (χ4v) is 3.04. The third kappa shape index (κ3) is 4.35. The van der Waals surface area contributed by atoms with Crippen LogP contribution in [0.2, 0.25) is 0 Å². The van der Waals surface area contributed by atoms with Crippen LogP contribution in [0.15, 0.2) is 48.5 Å². The van der Waals surface area contributed by atoms with Gasteiger partial charge in [-0.05, 0) is 42.0 Å². The van der Waals surface area contributed by atoms with Gasteiger partial charge in [0, 0.05) is 38.4 Å². The Morgan fingerprint density at radius 3 is 2.00 bits per heavy atom. The topological polar surface area (TPSA) is 43.8 Å². The number of rotatable bonds is 4. The molecule has 2 aromatic rings. The second-order valence-electron chi connectivity index (χ2n) is 6.31. The van der Waals surface area contributed by atoms with Crippen LogP contribution >= 0.6 is 0 Å². The zero-order chi connectivity index (χ0) is 18.7. The molecule has 0 unspecified atom stereocenters. The molecule has 0 atom stereocenters. The van der Waals surface area contributed by atoms with Gasteiger partial charge in [-0.15, -0.1) is 0 Å². The Hall–Kier alpha value is -2.54. The van der Waals surface area contributed by atoms with Gasteiger partial charge >= 0.3 is 12.1 Å². The minimum absolute atomic E-state index is 0.259. The highest BCUT2D eigenvalue weighted by Gasteiger charge is 2.30. The predicted molar refractivity (Wildman–Crippen MR) is 92.3 cm³/mol. The summed E-state index contributed by atoms with van der Waals surface area (Å²) in [6, 6.07) is 12.1. The Morgan fingerprint density at radius 1 is 0.923 bits per heavy atom. The van der Waals surface area contributed by atoms with Crippen LogP contribution in [-0.2, 0) is 12.7 Å². The number of nitrogens with zero attached hydrogens (tertiary/aromatic N) is 2. The molecule has 1 aliphatic heterocycles. The monoisotopic (exact) mass is 364 g/mol. The molecule has 1 N–H and O–H groups in total. The number of piperazine rings is 1. The van der Waals surface area contributed by atoms with Gasteiger partial charge in [-0.25, -0.2) is 4.79 Å². The summed E-state index contributed by atoms with van der Waals surface area (Å²) in [6.07, 6.45) is -4.31. The van der Waals surface area contributed by atoms with Crippen molar-refractivity contribution in [2.45, 2.75) is 12.7 Å². The lowest BCUT2D eigenvalue weighted by Crippen LogP contribution is -2.45. The third-order valence-electron chi connectivity index (χ3n) is 4.54. The predicted octanol–water partition coefficient (Wildman–Crippen LogP) is 3.73. The largest absolute Gasteiger partial charge is 0.478 e. The molecule has 0 amide bonds. The lowest BCUT2D eigenvalue weighted by molar-refractivity contribution is -0.137. The van der Waals surface area contributed by atoms with E-state index < -0.39 is 17.7 Å². The Morgan fingerprint density at radius 2 is 1.50 bits per heavy atom. The van der Waals surface area contributed by atoms with Crippen LogP contribution in [0.3, 0.4) is 0 Å². The van der Waals surface area contributed by atoms with E-state index in [4.69, 9.17) is 5.11 Å². The molecule has 2 aromatic carbocycles. The van der Waals surface area contributed by atoms with Crippen LogP contribution in [0, 0.1) is 0 Å². The molecule has 0 bridgehead atoms. The number of carboxylic acids is 1. The number of hydrogen-bond donors (Lipinski definition) is 1. The lowest BCUT2D eigenvalue weighted by Gasteiger charge is -2.36. The molecule has 4 nitrogen and oxygen atoms in total. The van der Waals surface area contributed by atoms with E-state index in [1.54, 1.807) is 24.3 Å². The first kappa shape index (κ1) is 18.3. The minimum atomic E-state index is -4.31. The number of anilines is 1. The maximum Gasteiger partial charge on any atom is 0.416 e. The molecule has 3 rings (SSSR count). The average Bonchev–Trinajstić information content (AvgIpc) is 2.62. The van der Waals surface area contributed by atoms with Crippen molar-refractivity contribution in [2.24, 2.45) is 0 Å². The van der Waals surface area contributed by atoms with Crippen LogP contribution in [0.5, 0.6) is 0 Å². The van der Waals surface area contributed by atoms with E-state index in [0.717, 1.165) is 49.6 Å². The van der Waals surface area contributed by atoms with Gasteiger partial charge in [0.15, 0.2) is 0 Å². The molecule has 7 heteroatoms. The van der Waals surface area contributed by atoms with Gasteiger partial charge in [-0.1, -0.05) is 12.1 Å². The Labute approximate surface area is 149 Å². The fourth-order valence-electron chi connectivity index (χ4n) is 3.04. The van der Waals surface area contributed by atoms with E-state index in [9.17, 15) is 18.0 Å². The van der Waals surface area contributed by atoms with Crippen LogP contribution in [0.1, 0.15) is 21.5 Å². The number of benzene rings is 2. The highest BCUT2D eigenvalue weighted by atomic mass is 19.4. The fraction of sp³-hybridized carbons (Fsp3) is 0.316. The molecule has 0 radical (unpaired) electrons. The normalized spacial score (nSPS) is 15.9. The van der Waals surface area contributed by atoms with Gasteiger partial charge in [0.25, 0.3) is 0 Å². The summed E-state index contributed by atoms with van der Waals surface area (Å²) >= 11 is 0. The Balaban J connectivity index is 1.54. The average molecular weight is 364 g/mol. The first-order valence-corrected chi connectivity index (χ1v) is 8.30. The summed E-state index contributed by atoms with van der Waals surface area (Å²) in [5.41, 5.74) is 1.46. The van der Waals surface area contributed by atoms with Crippen molar-refractivity contribution in [3.8, 4) is 0 Å². The molecule has 1 fully saturated rings. The molecule has 1 aliphatic rings. The SMILES string of the molecule is O=C(O)c1ccc(N2CCN(Cc3ccc(C(F)(F)F)cc3)CC2)cc1. The maximum absolute atomic E-state index is 12.6. The van der Waals surface area contributed by atoms with E-state index in [1.165, 1.54) is 12.1 Å². The standard InChI is InChI=1S/C19H19F3N2O2/c20-19(21,22)16-5-1-14(2-6-16)13-23-9-11-24(12-10-23)17-7-3-15(4-8-17)18(25)26/h1-8H,9-13H2,(H,25,26). The van der Waals surface area contributed by atoms with E-state index >= 15 is 0 Å². The first-order chi connectivity index (χ1) is 12.3. The van der Waals surface area contributed by atoms with Gasteiger partial charge in [-0.2, -0.15) is 13.2 Å². The molecule has 138 valence electrons. The molecule has 1 heterocycles. The maximum atomic E-state index is 12.6. The van der Waals surface area contributed by atoms with Crippen molar-refractivity contribution < 1.29 is 23.1 Å². The molecule has 0 spiro atoms. The number of aromatic carboxylic acids is 1.